The topological polar surface area (TPSA) is 54.4 Å². The summed E-state index contributed by atoms with van der Waals surface area (Å²) < 4.78 is 0. The average Bonchev–Trinajstić information content (AvgIpc) is 2.58. The van der Waals surface area contributed by atoms with Gasteiger partial charge in [-0.1, -0.05) is 13.0 Å². The van der Waals surface area contributed by atoms with Crippen LogP contribution in [0.2, 0.25) is 0 Å². The summed E-state index contributed by atoms with van der Waals surface area (Å²) in [6.07, 6.45) is 1.70. The molecule has 1 aromatic carbocycles. The minimum Gasteiger partial charge on any atom is -0.481 e. The molecule has 0 spiro atoms. The molecule has 0 saturated heterocycles. The van der Waals surface area contributed by atoms with Crippen molar-refractivity contribution in [2.24, 2.45) is 5.92 Å². The van der Waals surface area contributed by atoms with E-state index in [1.54, 1.807) is 11.8 Å². The van der Waals surface area contributed by atoms with Crippen molar-refractivity contribution < 1.29 is 14.7 Å². The molecule has 0 aliphatic carbocycles. The monoisotopic (exact) mass is 264 g/mol. The van der Waals surface area contributed by atoms with Crippen molar-refractivity contribution >= 4 is 23.5 Å². The molecule has 0 aromatic heterocycles. The van der Waals surface area contributed by atoms with E-state index in [2.05, 4.69) is 0 Å². The molecule has 0 radical (unpaired) electrons. The van der Waals surface area contributed by atoms with Crippen LogP contribution in [0.25, 0.3) is 0 Å². The van der Waals surface area contributed by atoms with E-state index in [1.165, 1.54) is 0 Å². The summed E-state index contributed by atoms with van der Waals surface area (Å²) in [5.41, 5.74) is 1.70. The zero-order valence-corrected chi connectivity index (χ0v) is 11.1. The van der Waals surface area contributed by atoms with Gasteiger partial charge < -0.3 is 5.11 Å². The molecule has 0 fully saturated rings. The third-order valence-electron chi connectivity index (χ3n) is 3.24. The standard InChI is InChI=1S/C14H16O3S/c1-2-12(15)9-3-4-13-11(7-9)8-10(14(16)17)5-6-18-13/h3-4,7,10H,2,5-6,8H2,1H3,(H,16,17). The zero-order valence-electron chi connectivity index (χ0n) is 10.3. The lowest BCUT2D eigenvalue weighted by atomic mass is 9.95. The Bertz CT molecular complexity index is 482. The average molecular weight is 264 g/mol. The van der Waals surface area contributed by atoms with E-state index in [0.717, 1.165) is 16.2 Å². The van der Waals surface area contributed by atoms with Crippen LogP contribution in [-0.2, 0) is 11.2 Å². The number of rotatable bonds is 3. The number of hydrogen-bond acceptors (Lipinski definition) is 3. The van der Waals surface area contributed by atoms with Gasteiger partial charge in [0, 0.05) is 16.9 Å². The van der Waals surface area contributed by atoms with Gasteiger partial charge in [-0.3, -0.25) is 9.59 Å². The molecule has 1 atom stereocenters. The molecule has 1 aliphatic rings. The molecule has 1 aliphatic heterocycles. The second-order valence-electron chi connectivity index (χ2n) is 4.48. The van der Waals surface area contributed by atoms with Gasteiger partial charge in [-0.2, -0.15) is 0 Å². The van der Waals surface area contributed by atoms with E-state index in [1.807, 2.05) is 25.1 Å². The van der Waals surface area contributed by atoms with Gasteiger partial charge in [-0.05, 0) is 36.3 Å². The Balaban J connectivity index is 2.32. The Morgan fingerprint density at radius 3 is 2.89 bits per heavy atom. The fraction of sp³-hybridized carbons (Fsp3) is 0.429. The number of carboxylic acid groups (broad SMARTS) is 1. The van der Waals surface area contributed by atoms with Gasteiger partial charge in [0.1, 0.15) is 0 Å². The van der Waals surface area contributed by atoms with Crippen molar-refractivity contribution in [3.8, 4) is 0 Å². The van der Waals surface area contributed by atoms with Crippen LogP contribution < -0.4 is 0 Å². The molecule has 96 valence electrons. The first-order valence-electron chi connectivity index (χ1n) is 6.13. The first-order valence-corrected chi connectivity index (χ1v) is 7.12. The number of benzene rings is 1. The van der Waals surface area contributed by atoms with Crippen LogP contribution in [0.15, 0.2) is 23.1 Å². The fourth-order valence-electron chi connectivity index (χ4n) is 2.15. The first-order chi connectivity index (χ1) is 8.61. The second kappa shape index (κ2) is 5.57. The molecule has 18 heavy (non-hydrogen) atoms. The summed E-state index contributed by atoms with van der Waals surface area (Å²) in [6, 6.07) is 5.67. The van der Waals surface area contributed by atoms with E-state index in [9.17, 15) is 9.59 Å². The third-order valence-corrected chi connectivity index (χ3v) is 4.39. The van der Waals surface area contributed by atoms with Crippen LogP contribution in [0, 0.1) is 5.92 Å². The largest absolute Gasteiger partial charge is 0.481 e. The van der Waals surface area contributed by atoms with E-state index in [4.69, 9.17) is 5.11 Å². The van der Waals surface area contributed by atoms with Crippen molar-refractivity contribution in [3.05, 3.63) is 29.3 Å². The van der Waals surface area contributed by atoms with Gasteiger partial charge in [0.05, 0.1) is 5.92 Å². The molecule has 1 aromatic rings. The highest BCUT2D eigenvalue weighted by Gasteiger charge is 2.23. The maximum absolute atomic E-state index is 11.7. The Labute approximate surface area is 111 Å². The quantitative estimate of drug-likeness (QED) is 0.853. The maximum atomic E-state index is 11.7. The normalized spacial score (nSPS) is 18.8. The van der Waals surface area contributed by atoms with E-state index < -0.39 is 5.97 Å². The molecule has 1 heterocycles. The first kappa shape index (κ1) is 13.1. The number of hydrogen-bond donors (Lipinski definition) is 1. The number of fused-ring (bicyclic) bond motifs is 1. The maximum Gasteiger partial charge on any atom is 0.306 e. The Morgan fingerprint density at radius 2 is 2.22 bits per heavy atom. The van der Waals surface area contributed by atoms with Crippen LogP contribution in [0.1, 0.15) is 35.7 Å². The van der Waals surface area contributed by atoms with E-state index in [-0.39, 0.29) is 11.7 Å². The molecule has 0 saturated carbocycles. The van der Waals surface area contributed by atoms with Gasteiger partial charge in [0.25, 0.3) is 0 Å². The predicted molar refractivity (Wildman–Crippen MR) is 71.2 cm³/mol. The second-order valence-corrected chi connectivity index (χ2v) is 5.61. The Hall–Kier alpha value is -1.29. The Morgan fingerprint density at radius 1 is 1.44 bits per heavy atom. The molecular formula is C14H16O3S. The summed E-state index contributed by atoms with van der Waals surface area (Å²) in [5.74, 6) is -0.134. The molecule has 0 amide bonds. The fourth-order valence-corrected chi connectivity index (χ4v) is 3.26. The summed E-state index contributed by atoms with van der Waals surface area (Å²) in [5, 5.41) is 9.14. The molecule has 0 bridgehead atoms. The van der Waals surface area contributed by atoms with Crippen molar-refractivity contribution in [1.82, 2.24) is 0 Å². The van der Waals surface area contributed by atoms with Crippen molar-refractivity contribution in [1.29, 1.82) is 0 Å². The number of Topliss-reactive ketones (excluding diaryl/α,β-unsaturated/α-hetero) is 1. The summed E-state index contributed by atoms with van der Waals surface area (Å²) in [6.45, 7) is 1.84. The molecule has 2 rings (SSSR count). The predicted octanol–water partition coefficient (Wildman–Crippen LogP) is 3.02. The third kappa shape index (κ3) is 2.75. The number of aliphatic carboxylic acids is 1. The highest BCUT2D eigenvalue weighted by atomic mass is 32.2. The van der Waals surface area contributed by atoms with Crippen LogP contribution >= 0.6 is 11.8 Å². The molecular weight excluding hydrogens is 248 g/mol. The Kier molecular flexibility index (Phi) is 4.07. The van der Waals surface area contributed by atoms with E-state index >= 15 is 0 Å². The lowest BCUT2D eigenvalue weighted by Gasteiger charge is -2.10. The van der Waals surface area contributed by atoms with Crippen molar-refractivity contribution in [2.75, 3.05) is 5.75 Å². The number of thioether (sulfide) groups is 1. The minimum absolute atomic E-state index is 0.110. The van der Waals surface area contributed by atoms with Crippen LogP contribution in [0.5, 0.6) is 0 Å². The lowest BCUT2D eigenvalue weighted by Crippen LogP contribution is -2.16. The lowest BCUT2D eigenvalue weighted by molar-refractivity contribution is -0.141. The minimum atomic E-state index is -0.740. The van der Waals surface area contributed by atoms with Crippen LogP contribution in [0.3, 0.4) is 0 Å². The van der Waals surface area contributed by atoms with Gasteiger partial charge in [-0.15, -0.1) is 11.8 Å². The highest BCUT2D eigenvalue weighted by Crippen LogP contribution is 2.32. The van der Waals surface area contributed by atoms with Gasteiger partial charge in [-0.25, -0.2) is 0 Å². The van der Waals surface area contributed by atoms with Gasteiger partial charge >= 0.3 is 5.97 Å². The van der Waals surface area contributed by atoms with Crippen LogP contribution in [-0.4, -0.2) is 22.6 Å². The number of carbonyl (C=O) groups excluding carboxylic acids is 1. The number of ketones is 1. The SMILES string of the molecule is CCC(=O)c1ccc2c(c1)CC(C(=O)O)CCS2. The van der Waals surface area contributed by atoms with E-state index in [0.29, 0.717) is 24.8 Å². The molecule has 1 unspecified atom stereocenters. The van der Waals surface area contributed by atoms with Crippen LogP contribution in [0.4, 0.5) is 0 Å². The van der Waals surface area contributed by atoms with Gasteiger partial charge in [0.15, 0.2) is 5.78 Å². The van der Waals surface area contributed by atoms with Crippen molar-refractivity contribution in [2.45, 2.75) is 31.1 Å². The number of carboxylic acids is 1. The zero-order chi connectivity index (χ0) is 13.1. The highest BCUT2D eigenvalue weighted by molar-refractivity contribution is 7.99. The number of carbonyl (C=O) groups is 2. The summed E-state index contributed by atoms with van der Waals surface area (Å²) in [4.78, 5) is 23.9. The van der Waals surface area contributed by atoms with Gasteiger partial charge in [0.2, 0.25) is 0 Å². The molecule has 1 N–H and O–H groups in total. The summed E-state index contributed by atoms with van der Waals surface area (Å²) >= 11 is 1.68. The molecule has 4 heteroatoms. The smallest absolute Gasteiger partial charge is 0.306 e. The summed E-state index contributed by atoms with van der Waals surface area (Å²) in [7, 11) is 0. The molecule has 3 nitrogen and oxygen atoms in total. The van der Waals surface area contributed by atoms with Crippen molar-refractivity contribution in [3.63, 3.8) is 0 Å².